The van der Waals surface area contributed by atoms with Crippen LogP contribution in [0.1, 0.15) is 6.92 Å². The molecule has 4 nitrogen and oxygen atoms in total. The van der Waals surface area contributed by atoms with Crippen molar-refractivity contribution < 1.29 is 4.92 Å². The van der Waals surface area contributed by atoms with Crippen LogP contribution in [0.5, 0.6) is 0 Å². The molecule has 0 spiro atoms. The minimum atomic E-state index is -0.607. The van der Waals surface area contributed by atoms with Crippen molar-refractivity contribution in [2.24, 2.45) is 0 Å². The van der Waals surface area contributed by atoms with E-state index in [1.165, 1.54) is 19.1 Å². The first-order chi connectivity index (χ1) is 4.59. The summed E-state index contributed by atoms with van der Waals surface area (Å²) in [5, 5.41) is 17.0. The summed E-state index contributed by atoms with van der Waals surface area (Å²) in [5.74, 6) is 0. The maximum Gasteiger partial charge on any atom is 0.289 e. The average molecular weight is 140 g/mol. The highest BCUT2D eigenvalue weighted by Gasteiger charge is 2.10. The third-order valence-electron chi connectivity index (χ3n) is 0.857. The van der Waals surface area contributed by atoms with Crippen LogP contribution >= 0.6 is 0 Å². The lowest BCUT2D eigenvalue weighted by Crippen LogP contribution is -2.06. The van der Waals surface area contributed by atoms with Gasteiger partial charge in [-0.15, -0.1) is 0 Å². The Balaban J connectivity index is 4.58. The van der Waals surface area contributed by atoms with E-state index >= 15 is 0 Å². The largest absolute Gasteiger partial charge is 0.299 e. The zero-order valence-electron chi connectivity index (χ0n) is 5.63. The predicted octanol–water partition coefficient (Wildman–Crippen LogP) is 1.37. The van der Waals surface area contributed by atoms with Gasteiger partial charge in [0, 0.05) is 6.08 Å². The first kappa shape index (κ1) is 8.55. The van der Waals surface area contributed by atoms with Crippen molar-refractivity contribution in [2.75, 3.05) is 0 Å². The molecule has 0 aromatic rings. The van der Waals surface area contributed by atoms with Gasteiger partial charge in [-0.05, 0) is 6.92 Å². The Hall–Kier alpha value is -1.45. The molecular weight excluding hydrogens is 132 g/mol. The molecule has 1 N–H and O–H groups in total. The van der Waals surface area contributed by atoms with E-state index in [-0.39, 0.29) is 11.4 Å². The van der Waals surface area contributed by atoms with Crippen molar-refractivity contribution in [3.05, 3.63) is 34.5 Å². The topological polar surface area (TPSA) is 67.0 Å². The first-order valence-electron chi connectivity index (χ1n) is 2.62. The summed E-state index contributed by atoms with van der Waals surface area (Å²) in [5.41, 5.74) is -0.278. The van der Waals surface area contributed by atoms with Crippen LogP contribution in [0.4, 0.5) is 0 Å². The summed E-state index contributed by atoms with van der Waals surface area (Å²) >= 11 is 0. The quantitative estimate of drug-likeness (QED) is 0.278. The second-order valence-electron chi connectivity index (χ2n) is 1.67. The van der Waals surface area contributed by atoms with Gasteiger partial charge < -0.3 is 0 Å². The average Bonchev–Trinajstić information content (AvgIpc) is 1.81. The molecule has 0 aromatic heterocycles. The number of nitrogens with one attached hydrogen (secondary N) is 1. The summed E-state index contributed by atoms with van der Waals surface area (Å²) in [6, 6.07) is 0. The van der Waals surface area contributed by atoms with Gasteiger partial charge >= 0.3 is 0 Å². The molecule has 0 amide bonds. The van der Waals surface area contributed by atoms with E-state index in [1.807, 2.05) is 0 Å². The molecule has 0 saturated heterocycles. The van der Waals surface area contributed by atoms with E-state index < -0.39 is 4.92 Å². The molecule has 0 fully saturated rings. The van der Waals surface area contributed by atoms with Gasteiger partial charge in [0.15, 0.2) is 0 Å². The second-order valence-corrected chi connectivity index (χ2v) is 1.67. The summed E-state index contributed by atoms with van der Waals surface area (Å²) < 4.78 is 0. The summed E-state index contributed by atoms with van der Waals surface area (Å²) in [6.07, 6.45) is 2.48. The molecule has 0 aromatic carbocycles. The van der Waals surface area contributed by atoms with Crippen LogP contribution in [0.15, 0.2) is 24.4 Å². The number of hydrogen-bond acceptors (Lipinski definition) is 3. The molecule has 0 aliphatic rings. The summed E-state index contributed by atoms with van der Waals surface area (Å²) in [7, 11) is 0. The molecular formula is C6H8N2O2. The minimum Gasteiger partial charge on any atom is -0.299 e. The second kappa shape index (κ2) is 3.55. The third-order valence-corrected chi connectivity index (χ3v) is 0.857. The summed E-state index contributed by atoms with van der Waals surface area (Å²) in [6.45, 7) is 4.65. The highest BCUT2D eigenvalue weighted by atomic mass is 16.6. The monoisotopic (exact) mass is 140 g/mol. The van der Waals surface area contributed by atoms with Crippen LogP contribution in [-0.2, 0) is 0 Å². The van der Waals surface area contributed by atoms with Crippen molar-refractivity contribution >= 4 is 5.71 Å². The Labute approximate surface area is 58.5 Å². The molecule has 0 radical (unpaired) electrons. The van der Waals surface area contributed by atoms with Crippen LogP contribution in [0.25, 0.3) is 0 Å². The standard InChI is InChI=1S/C6H8N2O2/c1-3-4-6(5(2)7)8(9)10/h3-4,7H,1H2,2H3/b6-4+,7-5?. The van der Waals surface area contributed by atoms with Gasteiger partial charge in [0.1, 0.15) is 5.71 Å². The third kappa shape index (κ3) is 2.21. The molecule has 0 atom stereocenters. The smallest absolute Gasteiger partial charge is 0.289 e. The van der Waals surface area contributed by atoms with Crippen molar-refractivity contribution in [1.82, 2.24) is 0 Å². The zero-order chi connectivity index (χ0) is 8.15. The van der Waals surface area contributed by atoms with E-state index in [4.69, 9.17) is 5.41 Å². The number of allylic oxidation sites excluding steroid dienone is 3. The number of nitrogens with zero attached hydrogens (tertiary/aromatic N) is 1. The maximum absolute atomic E-state index is 10.1. The van der Waals surface area contributed by atoms with Crippen LogP contribution in [0.2, 0.25) is 0 Å². The molecule has 54 valence electrons. The predicted molar refractivity (Wildman–Crippen MR) is 38.7 cm³/mol. The fourth-order valence-electron chi connectivity index (χ4n) is 0.434. The van der Waals surface area contributed by atoms with Crippen molar-refractivity contribution in [1.29, 1.82) is 5.41 Å². The van der Waals surface area contributed by atoms with Crippen molar-refractivity contribution in [3.8, 4) is 0 Å². The SMILES string of the molecule is C=C/C=C(\C(C)=N)[N+](=O)[O-]. The molecule has 0 aliphatic heterocycles. The van der Waals surface area contributed by atoms with Gasteiger partial charge in [0.05, 0.1) is 4.92 Å². The molecule has 0 rings (SSSR count). The fourth-order valence-corrected chi connectivity index (χ4v) is 0.434. The van der Waals surface area contributed by atoms with E-state index in [0.717, 1.165) is 0 Å². The molecule has 0 aliphatic carbocycles. The first-order valence-corrected chi connectivity index (χ1v) is 2.62. The van der Waals surface area contributed by atoms with E-state index in [9.17, 15) is 10.1 Å². The van der Waals surface area contributed by atoms with E-state index in [2.05, 4.69) is 6.58 Å². The number of hydrogen-bond donors (Lipinski definition) is 1. The fraction of sp³-hybridized carbons (Fsp3) is 0.167. The van der Waals surface area contributed by atoms with Gasteiger partial charge in [-0.1, -0.05) is 12.7 Å². The molecule has 0 heterocycles. The lowest BCUT2D eigenvalue weighted by molar-refractivity contribution is -0.415. The Bertz CT molecular complexity index is 190. The van der Waals surface area contributed by atoms with Crippen molar-refractivity contribution in [2.45, 2.75) is 6.92 Å². The molecule has 0 bridgehead atoms. The van der Waals surface area contributed by atoms with Gasteiger partial charge in [0.2, 0.25) is 0 Å². The molecule has 0 saturated carbocycles. The molecule has 0 unspecified atom stereocenters. The maximum atomic E-state index is 10.1. The Morgan fingerprint density at radius 1 is 1.80 bits per heavy atom. The van der Waals surface area contributed by atoms with Gasteiger partial charge in [-0.3, -0.25) is 15.5 Å². The van der Waals surface area contributed by atoms with Gasteiger partial charge in [-0.2, -0.15) is 0 Å². The van der Waals surface area contributed by atoms with E-state index in [1.54, 1.807) is 0 Å². The minimum absolute atomic E-state index is 0.0649. The number of rotatable bonds is 3. The summed E-state index contributed by atoms with van der Waals surface area (Å²) in [4.78, 5) is 9.47. The highest BCUT2D eigenvalue weighted by molar-refractivity contribution is 5.93. The lowest BCUT2D eigenvalue weighted by atomic mass is 10.3. The normalized spacial score (nSPS) is 10.7. The van der Waals surface area contributed by atoms with Crippen LogP contribution < -0.4 is 0 Å². The van der Waals surface area contributed by atoms with Crippen LogP contribution in [-0.4, -0.2) is 10.6 Å². The van der Waals surface area contributed by atoms with Crippen LogP contribution in [0, 0.1) is 15.5 Å². The van der Waals surface area contributed by atoms with Crippen molar-refractivity contribution in [3.63, 3.8) is 0 Å². The Morgan fingerprint density at radius 3 is 2.40 bits per heavy atom. The number of nitro groups is 1. The Morgan fingerprint density at radius 2 is 2.30 bits per heavy atom. The molecule has 4 heteroatoms. The Kier molecular flexibility index (Phi) is 3.04. The van der Waals surface area contributed by atoms with Gasteiger partial charge in [-0.25, -0.2) is 0 Å². The van der Waals surface area contributed by atoms with E-state index in [0.29, 0.717) is 0 Å². The zero-order valence-corrected chi connectivity index (χ0v) is 5.63. The highest BCUT2D eigenvalue weighted by Crippen LogP contribution is 1.96. The van der Waals surface area contributed by atoms with Crippen LogP contribution in [0.3, 0.4) is 0 Å². The van der Waals surface area contributed by atoms with Gasteiger partial charge in [0.25, 0.3) is 5.70 Å². The molecule has 10 heavy (non-hydrogen) atoms. The lowest BCUT2D eigenvalue weighted by Gasteiger charge is -1.90.